The van der Waals surface area contributed by atoms with Gasteiger partial charge in [-0.3, -0.25) is 14.9 Å². The fraction of sp³-hybridized carbons (Fsp3) is 0.452. The molecule has 3 heterocycles. The molecule has 0 radical (unpaired) electrons. The molecular formula is C42H53N5O9S3. The number of hydrogen-bond acceptors (Lipinski definition) is 11. The van der Waals surface area contributed by atoms with Gasteiger partial charge in [0.2, 0.25) is 5.96 Å². The number of anilines is 1. The highest BCUT2D eigenvalue weighted by atomic mass is 32.2. The number of allylic oxidation sites excluding steroid dienone is 4. The van der Waals surface area contributed by atoms with Crippen LogP contribution in [0.3, 0.4) is 0 Å². The van der Waals surface area contributed by atoms with Gasteiger partial charge in [0.25, 0.3) is 26.0 Å². The molecule has 0 bridgehead atoms. The highest BCUT2D eigenvalue weighted by molar-refractivity contribution is 7.93. The van der Waals surface area contributed by atoms with Gasteiger partial charge in [0.15, 0.2) is 0 Å². The van der Waals surface area contributed by atoms with Crippen molar-refractivity contribution in [2.24, 2.45) is 17.6 Å². The molecule has 3 aliphatic rings. The number of fused-ring (bicyclic) bond motifs is 2. The maximum absolute atomic E-state index is 14.3. The lowest BCUT2D eigenvalue weighted by Crippen LogP contribution is -2.46. The first-order chi connectivity index (χ1) is 27.5. The van der Waals surface area contributed by atoms with E-state index in [0.29, 0.717) is 36.1 Å². The molecule has 1 aromatic heterocycles. The Morgan fingerprint density at radius 3 is 2.49 bits per heavy atom. The summed E-state index contributed by atoms with van der Waals surface area (Å²) in [6, 6.07) is 12.3. The van der Waals surface area contributed by atoms with Crippen molar-refractivity contribution in [1.82, 2.24) is 9.62 Å². The van der Waals surface area contributed by atoms with Gasteiger partial charge in [-0.2, -0.15) is 0 Å². The number of rotatable bonds is 13. The standard InChI is InChI=1S/C42H53N5O9S3/c1-24-25(2)37(26(3)30-23-42(7,8)55-35(24)30)59(52,53)47(40(43)44)19-11-13-32(39(49)56-41(4,5)6)45-38(48)36-31(18-21-57-36)46-58(50,51)34-14-10-9-12-29(34)27-15-16-33-28(22-27)17-20-54-33/h9-10,12,14-16,18,21-22,26,30,32,46H,11,13,17,19-20,23H2,1-8H3,(H3,43,44)(H,45,48). The zero-order valence-corrected chi connectivity index (χ0v) is 37.0. The van der Waals surface area contributed by atoms with Crippen LogP contribution in [-0.4, -0.2) is 69.4 Å². The molecule has 3 atom stereocenters. The van der Waals surface area contributed by atoms with Crippen molar-refractivity contribution >= 4 is 54.9 Å². The maximum atomic E-state index is 14.3. The maximum Gasteiger partial charge on any atom is 0.329 e. The van der Waals surface area contributed by atoms with E-state index in [2.05, 4.69) is 10.0 Å². The lowest BCUT2D eigenvalue weighted by atomic mass is 9.79. The second kappa shape index (κ2) is 16.3. The van der Waals surface area contributed by atoms with Crippen molar-refractivity contribution in [3.8, 4) is 16.9 Å². The van der Waals surface area contributed by atoms with E-state index in [0.717, 1.165) is 38.3 Å². The highest BCUT2D eigenvalue weighted by Crippen LogP contribution is 2.51. The van der Waals surface area contributed by atoms with Gasteiger partial charge in [-0.1, -0.05) is 31.2 Å². The van der Waals surface area contributed by atoms with Crippen LogP contribution in [0.2, 0.25) is 0 Å². The summed E-state index contributed by atoms with van der Waals surface area (Å²) in [6.07, 6.45) is 1.25. The fourth-order valence-corrected chi connectivity index (χ4v) is 12.1. The Labute approximate surface area is 350 Å². The van der Waals surface area contributed by atoms with E-state index in [9.17, 15) is 26.4 Å². The van der Waals surface area contributed by atoms with E-state index >= 15 is 0 Å². The van der Waals surface area contributed by atoms with Crippen LogP contribution in [0.4, 0.5) is 5.69 Å². The van der Waals surface area contributed by atoms with Gasteiger partial charge in [-0.15, -0.1) is 11.3 Å². The number of carbonyl (C=O) groups excluding carboxylic acids is 2. The number of nitrogens with two attached hydrogens (primary N) is 1. The molecule has 3 unspecified atom stereocenters. The minimum Gasteiger partial charge on any atom is -0.493 e. The number of benzene rings is 2. The molecule has 3 aromatic rings. The molecule has 0 saturated carbocycles. The normalized spacial score (nSPS) is 19.3. The van der Waals surface area contributed by atoms with Gasteiger partial charge in [0.05, 0.1) is 22.1 Å². The average molecular weight is 868 g/mol. The number of thiophene rings is 1. The quantitative estimate of drug-likeness (QED) is 0.0793. The van der Waals surface area contributed by atoms with Gasteiger partial charge in [0.1, 0.15) is 33.6 Å². The molecular weight excluding hydrogens is 815 g/mol. The summed E-state index contributed by atoms with van der Waals surface area (Å²) in [5, 5.41) is 12.6. The van der Waals surface area contributed by atoms with E-state index in [1.807, 2.05) is 39.8 Å². The Hall–Kier alpha value is -4.87. The Bertz CT molecular complexity index is 2460. The van der Waals surface area contributed by atoms with E-state index in [1.165, 1.54) is 12.1 Å². The number of amides is 1. The Morgan fingerprint density at radius 2 is 1.80 bits per heavy atom. The van der Waals surface area contributed by atoms with Crippen molar-refractivity contribution in [2.45, 2.75) is 103 Å². The Kier molecular flexibility index (Phi) is 12.1. The predicted octanol–water partition coefficient (Wildman–Crippen LogP) is 6.91. The number of ether oxygens (including phenoxy) is 3. The van der Waals surface area contributed by atoms with Gasteiger partial charge in [-0.05, 0) is 120 Å². The molecule has 1 saturated heterocycles. The zero-order valence-electron chi connectivity index (χ0n) is 34.6. The lowest BCUT2D eigenvalue weighted by Gasteiger charge is -2.33. The number of sulfonamides is 2. The molecule has 5 N–H and O–H groups in total. The van der Waals surface area contributed by atoms with Crippen molar-refractivity contribution in [3.63, 3.8) is 0 Å². The van der Waals surface area contributed by atoms with Gasteiger partial charge in [0, 0.05) is 30.4 Å². The molecule has 6 rings (SSSR count). The third kappa shape index (κ3) is 9.16. The van der Waals surface area contributed by atoms with E-state index < -0.39 is 61.0 Å². The molecule has 17 heteroatoms. The monoisotopic (exact) mass is 867 g/mol. The minimum atomic E-state index is -4.30. The van der Waals surface area contributed by atoms with E-state index in [-0.39, 0.29) is 45.7 Å². The van der Waals surface area contributed by atoms with Gasteiger partial charge < -0.3 is 25.3 Å². The smallest absolute Gasteiger partial charge is 0.329 e. The van der Waals surface area contributed by atoms with E-state index in [1.54, 1.807) is 57.3 Å². The molecule has 318 valence electrons. The van der Waals surface area contributed by atoms with Crippen LogP contribution in [-0.2, 0) is 40.7 Å². The third-order valence-corrected chi connectivity index (χ3v) is 15.3. The molecule has 14 nitrogen and oxygen atoms in total. The fourth-order valence-electron chi connectivity index (χ4n) is 7.95. The van der Waals surface area contributed by atoms with Crippen LogP contribution in [0.1, 0.15) is 89.9 Å². The Balaban J connectivity index is 1.20. The first kappa shape index (κ1) is 43.7. The molecule has 1 amide bonds. The van der Waals surface area contributed by atoms with Crippen molar-refractivity contribution in [1.29, 1.82) is 5.41 Å². The molecule has 2 aliphatic heterocycles. The third-order valence-electron chi connectivity index (χ3n) is 10.7. The highest BCUT2D eigenvalue weighted by Gasteiger charge is 2.48. The van der Waals surface area contributed by atoms with Gasteiger partial charge >= 0.3 is 5.97 Å². The van der Waals surface area contributed by atoms with Crippen LogP contribution < -0.4 is 20.5 Å². The zero-order chi connectivity index (χ0) is 43.2. The molecule has 2 aromatic carbocycles. The summed E-state index contributed by atoms with van der Waals surface area (Å²) in [5.41, 5.74) is 7.98. The number of esters is 1. The van der Waals surface area contributed by atoms with Crippen LogP contribution in [0.5, 0.6) is 5.75 Å². The van der Waals surface area contributed by atoms with Crippen LogP contribution in [0.15, 0.2) is 80.6 Å². The topological polar surface area (TPSA) is 207 Å². The number of guanidine groups is 1. The van der Waals surface area contributed by atoms with Crippen molar-refractivity contribution < 1.29 is 40.6 Å². The minimum absolute atomic E-state index is 0.00111. The second-order valence-electron chi connectivity index (χ2n) is 16.8. The van der Waals surface area contributed by atoms with Crippen LogP contribution in [0.25, 0.3) is 11.1 Å². The summed E-state index contributed by atoms with van der Waals surface area (Å²) in [5.74, 6) is -1.27. The van der Waals surface area contributed by atoms with Crippen LogP contribution >= 0.6 is 11.3 Å². The SMILES string of the molecule is CC1=C2OC(C)(C)CC2C(C)C(S(=O)(=O)N(CCCC(NC(=O)c2sccc2NS(=O)(=O)c2ccccc2-c2ccc3c(c2)CCO3)C(=O)OC(C)(C)C)C(=N)N)=C1C. The number of hydrogen-bond donors (Lipinski definition) is 4. The van der Waals surface area contributed by atoms with Crippen molar-refractivity contribution in [2.75, 3.05) is 17.9 Å². The molecule has 1 aliphatic carbocycles. The number of nitrogens with one attached hydrogen (secondary N) is 3. The van der Waals surface area contributed by atoms with E-state index in [4.69, 9.17) is 25.4 Å². The Morgan fingerprint density at radius 1 is 1.08 bits per heavy atom. The summed E-state index contributed by atoms with van der Waals surface area (Å²) in [7, 11) is -8.54. The first-order valence-electron chi connectivity index (χ1n) is 19.5. The lowest BCUT2D eigenvalue weighted by molar-refractivity contribution is -0.157. The largest absolute Gasteiger partial charge is 0.493 e. The number of nitrogens with zero attached hydrogens (tertiary/aromatic N) is 1. The first-order valence-corrected chi connectivity index (χ1v) is 23.3. The summed E-state index contributed by atoms with van der Waals surface area (Å²) < 4.78 is 77.5. The number of carbonyl (C=O) groups is 2. The average Bonchev–Trinajstić information content (AvgIpc) is 3.89. The summed E-state index contributed by atoms with van der Waals surface area (Å²) >= 11 is 0.978. The summed E-state index contributed by atoms with van der Waals surface area (Å²) in [6.45, 7) is 14.7. The van der Waals surface area contributed by atoms with Gasteiger partial charge in [-0.25, -0.2) is 25.9 Å². The van der Waals surface area contributed by atoms with Crippen LogP contribution in [0, 0.1) is 17.2 Å². The second-order valence-corrected chi connectivity index (χ2v) is 21.2. The predicted molar refractivity (Wildman–Crippen MR) is 228 cm³/mol. The molecule has 0 spiro atoms. The van der Waals surface area contributed by atoms with Crippen molar-refractivity contribution in [3.05, 3.63) is 86.2 Å². The summed E-state index contributed by atoms with van der Waals surface area (Å²) in [4.78, 5) is 27.6. The molecule has 1 fully saturated rings. The molecule has 59 heavy (non-hydrogen) atoms.